The molecule has 0 aromatic rings. The van der Waals surface area contributed by atoms with Gasteiger partial charge in [-0.1, -0.05) is 0 Å². The van der Waals surface area contributed by atoms with Crippen LogP contribution in [0.1, 0.15) is 89.9 Å². The van der Waals surface area contributed by atoms with Gasteiger partial charge in [0.1, 0.15) is 6.04 Å². The van der Waals surface area contributed by atoms with Crippen molar-refractivity contribution in [3.63, 3.8) is 0 Å². The summed E-state index contributed by atoms with van der Waals surface area (Å²) in [7, 11) is -4.88. The molecule has 0 bridgehead atoms. The number of nitrogens with one attached hydrogen (secondary N) is 7. The van der Waals surface area contributed by atoms with E-state index in [2.05, 4.69) is 46.3 Å². The third-order valence-corrected chi connectivity index (χ3v) is 14.3. The predicted molar refractivity (Wildman–Crippen MR) is 283 cm³/mol. The third kappa shape index (κ3) is 33.2. The Balaban J connectivity index is 1.49. The molecule has 33 heteroatoms. The summed E-state index contributed by atoms with van der Waals surface area (Å²) in [6, 6.07) is -1.99. The maximum atomic E-state index is 13.2. The molecule has 5 atom stereocenters. The molecule has 9 amide bonds. The predicted octanol–water partition coefficient (Wildman–Crippen LogP) is -2.69. The van der Waals surface area contributed by atoms with E-state index in [1.165, 1.54) is 4.90 Å². The molecular weight excluding hydrogens is 1110 g/mol. The van der Waals surface area contributed by atoms with E-state index in [0.29, 0.717) is 71.5 Å². The lowest BCUT2D eigenvalue weighted by molar-refractivity contribution is -0.277. The van der Waals surface area contributed by atoms with E-state index in [9.17, 15) is 57.4 Å². The summed E-state index contributed by atoms with van der Waals surface area (Å²) < 4.78 is 52.0. The summed E-state index contributed by atoms with van der Waals surface area (Å²) in [6.45, 7) is 4.67. The van der Waals surface area contributed by atoms with Gasteiger partial charge in [-0.2, -0.15) is 0 Å². The average Bonchev–Trinajstić information content (AvgIpc) is 3.69. The van der Waals surface area contributed by atoms with Crippen molar-refractivity contribution in [3.8, 4) is 0 Å². The van der Waals surface area contributed by atoms with Crippen LogP contribution in [0.2, 0.25) is 0 Å². The standard InChI is InChI=1S/C46H80N10O20P2S/c1-49-17-21-71-25-26-72-22-18-50-37(57)10-11-38(58)51-19-23-73-27-28-74-24-20-52-39(59)12-13-40(60)55-35(42(48)62)5-2-3-15-54-44(64)34(47)31-79-36-29-41(61)56(45(36)65)30-32-6-8-33(9-7-32)43(63)53-16-4-14-46(66,75-77(67)68)76-78(69)70/h32-36,49,66H,2-31,47H2,1H3,(H8-2,48,50,51,52,53,54,55,57,58,59,60,62,63,64,67,68,69,70)/p+2/t32?,33?,34-,35+,36?/m1/s1. The fourth-order valence-corrected chi connectivity index (χ4v) is 9.77. The van der Waals surface area contributed by atoms with E-state index in [-0.39, 0.29) is 151 Å². The molecule has 1 aliphatic heterocycles. The molecule has 2 aliphatic rings. The number of primary amides is 1. The molecule has 1 saturated heterocycles. The fourth-order valence-electron chi connectivity index (χ4n) is 7.85. The molecule has 1 saturated carbocycles. The van der Waals surface area contributed by atoms with Crippen LogP contribution in [-0.4, -0.2) is 208 Å². The van der Waals surface area contributed by atoms with Crippen LogP contribution in [0.4, 0.5) is 0 Å². The van der Waals surface area contributed by atoms with Crippen molar-refractivity contribution < 1.29 is 95.2 Å². The third-order valence-electron chi connectivity index (χ3n) is 12.1. The van der Waals surface area contributed by atoms with Gasteiger partial charge in [-0.15, -0.1) is 21.5 Å². The zero-order valence-corrected chi connectivity index (χ0v) is 47.4. The molecular formula is C46H82N10O20P2S+2. The Bertz CT molecular complexity index is 1950. The zero-order valence-electron chi connectivity index (χ0n) is 44.8. The van der Waals surface area contributed by atoms with E-state index < -0.39 is 69.9 Å². The Kier molecular flexibility index (Phi) is 37.1. The Morgan fingerprint density at radius 1 is 0.684 bits per heavy atom. The number of thioether (sulfide) groups is 1. The SMILES string of the molecule is CNCCOCCOCCNC(=O)CCC(=O)NCCOCCOCCNC(=O)CCC(=O)N[C@@H](CCCCNC(=O)[C@H](N)CSC1CC(=O)N(CC2CCC(C(=O)NCCCC(O)(O[P+](=O)O)O[P+](=O)O)CC2)C1=O)C(N)=O. The number of carbonyl (C=O) groups excluding carboxylic acids is 9. The van der Waals surface area contributed by atoms with Crippen LogP contribution in [0.5, 0.6) is 0 Å². The molecule has 0 aromatic heterocycles. The highest BCUT2D eigenvalue weighted by atomic mass is 32.2. The van der Waals surface area contributed by atoms with Gasteiger partial charge in [0.05, 0.1) is 64.1 Å². The molecule has 450 valence electrons. The number of hydrogen-bond donors (Lipinski definition) is 12. The smallest absolute Gasteiger partial charge is 0.378 e. The first kappa shape index (κ1) is 70.6. The van der Waals surface area contributed by atoms with E-state index in [1.807, 2.05) is 7.05 Å². The molecule has 1 aliphatic carbocycles. The number of nitrogens with two attached hydrogens (primary N) is 2. The van der Waals surface area contributed by atoms with Crippen molar-refractivity contribution >= 4 is 81.4 Å². The van der Waals surface area contributed by atoms with Crippen LogP contribution in [0.25, 0.3) is 0 Å². The van der Waals surface area contributed by atoms with Crippen molar-refractivity contribution in [2.45, 2.75) is 113 Å². The molecule has 3 unspecified atom stereocenters. The average molecular weight is 1190 g/mol. The Morgan fingerprint density at radius 2 is 1.18 bits per heavy atom. The molecule has 0 radical (unpaired) electrons. The first-order valence-electron chi connectivity index (χ1n) is 26.3. The van der Waals surface area contributed by atoms with Gasteiger partial charge >= 0.3 is 22.5 Å². The second kappa shape index (κ2) is 41.5. The maximum absolute atomic E-state index is 13.2. The second-order valence-corrected chi connectivity index (χ2v) is 20.9. The molecule has 1 heterocycles. The normalized spacial score (nSPS) is 18.2. The number of aliphatic hydroxyl groups is 1. The van der Waals surface area contributed by atoms with Crippen LogP contribution < -0.4 is 48.7 Å². The van der Waals surface area contributed by atoms with E-state index in [0.717, 1.165) is 18.3 Å². The van der Waals surface area contributed by atoms with Crippen molar-refractivity contribution in [1.29, 1.82) is 0 Å². The van der Waals surface area contributed by atoms with Crippen molar-refractivity contribution in [1.82, 2.24) is 42.1 Å². The number of unbranched alkanes of at least 4 members (excludes halogenated alkanes) is 1. The Labute approximate surface area is 465 Å². The van der Waals surface area contributed by atoms with Gasteiger partial charge in [0.25, 0.3) is 0 Å². The number of imide groups is 1. The van der Waals surface area contributed by atoms with E-state index >= 15 is 0 Å². The minimum Gasteiger partial charge on any atom is -0.378 e. The van der Waals surface area contributed by atoms with Crippen LogP contribution in [0.15, 0.2) is 0 Å². The number of hydrogen-bond acceptors (Lipinski definition) is 21. The lowest BCUT2D eigenvalue weighted by Gasteiger charge is -2.30. The van der Waals surface area contributed by atoms with Crippen LogP contribution in [0.3, 0.4) is 0 Å². The summed E-state index contributed by atoms with van der Waals surface area (Å²) in [5.74, 6) is -6.84. The van der Waals surface area contributed by atoms with E-state index in [1.54, 1.807) is 0 Å². The highest BCUT2D eigenvalue weighted by Crippen LogP contribution is 2.36. The minimum atomic E-state index is -3.36. The quantitative estimate of drug-likeness (QED) is 0.0128. The van der Waals surface area contributed by atoms with Crippen molar-refractivity contribution in [3.05, 3.63) is 0 Å². The van der Waals surface area contributed by atoms with Gasteiger partial charge in [-0.25, -0.2) is 0 Å². The molecule has 0 aromatic carbocycles. The first-order chi connectivity index (χ1) is 37.7. The van der Waals surface area contributed by atoms with Crippen LogP contribution in [0, 0.1) is 11.8 Å². The highest BCUT2D eigenvalue weighted by molar-refractivity contribution is 8.00. The molecule has 0 spiro atoms. The number of likely N-dealkylation sites (tertiary alicyclic amines) is 1. The highest BCUT2D eigenvalue weighted by Gasteiger charge is 2.48. The first-order valence-corrected chi connectivity index (χ1v) is 29.6. The second-order valence-electron chi connectivity index (χ2n) is 18.4. The minimum absolute atomic E-state index is 0.00348. The molecule has 14 N–H and O–H groups in total. The van der Waals surface area contributed by atoms with Crippen molar-refractivity contribution in [2.24, 2.45) is 23.3 Å². The van der Waals surface area contributed by atoms with Gasteiger partial charge in [0, 0.05) is 105 Å². The molecule has 30 nitrogen and oxygen atoms in total. The number of ether oxygens (including phenoxy) is 4. The largest absolute Gasteiger partial charge is 0.700 e. The van der Waals surface area contributed by atoms with Gasteiger partial charge in [-0.05, 0) is 73.4 Å². The van der Waals surface area contributed by atoms with Gasteiger partial charge in [0.15, 0.2) is 0 Å². The van der Waals surface area contributed by atoms with Gasteiger partial charge in [0.2, 0.25) is 53.2 Å². The number of nitrogens with zero attached hydrogens (tertiary/aromatic N) is 1. The number of amides is 9. The van der Waals surface area contributed by atoms with Crippen LogP contribution in [-0.2, 0) is 80.3 Å². The molecule has 2 rings (SSSR count). The summed E-state index contributed by atoms with van der Waals surface area (Å²) in [5.41, 5.74) is 11.6. The van der Waals surface area contributed by atoms with Crippen LogP contribution >= 0.6 is 28.3 Å². The topological polar surface area (TPSA) is 443 Å². The maximum Gasteiger partial charge on any atom is 0.700 e. The lowest BCUT2D eigenvalue weighted by atomic mass is 9.81. The Morgan fingerprint density at radius 3 is 1.67 bits per heavy atom. The zero-order chi connectivity index (χ0) is 58.4. The monoisotopic (exact) mass is 1190 g/mol. The van der Waals surface area contributed by atoms with Gasteiger partial charge < -0.3 is 72.7 Å². The van der Waals surface area contributed by atoms with E-state index in [4.69, 9.17) is 40.2 Å². The number of likely N-dealkylation sites (N-methyl/N-ethyl adjacent to an activating group) is 1. The number of carbonyl (C=O) groups is 9. The summed E-state index contributed by atoms with van der Waals surface area (Å²) in [4.78, 5) is 131. The molecule has 2 fully saturated rings. The number of rotatable bonds is 46. The molecule has 79 heavy (non-hydrogen) atoms. The summed E-state index contributed by atoms with van der Waals surface area (Å²) in [5, 5.41) is 28.2. The van der Waals surface area contributed by atoms with Crippen molar-refractivity contribution in [2.75, 3.05) is 111 Å². The fraction of sp³-hybridized carbons (Fsp3) is 0.804. The van der Waals surface area contributed by atoms with Gasteiger partial charge in [-0.3, -0.25) is 48.1 Å². The summed E-state index contributed by atoms with van der Waals surface area (Å²) in [6.07, 6.45) is 2.28. The Hall–Kier alpha value is -4.46. The summed E-state index contributed by atoms with van der Waals surface area (Å²) >= 11 is 1.11. The lowest BCUT2D eigenvalue weighted by Crippen LogP contribution is -2.45.